The Kier molecular flexibility index (Phi) is 5.69. The normalized spacial score (nSPS) is 19.1. The Morgan fingerprint density at radius 1 is 1.22 bits per heavy atom. The van der Waals surface area contributed by atoms with Crippen molar-refractivity contribution >= 4 is 23.5 Å². The van der Waals surface area contributed by atoms with Crippen molar-refractivity contribution in [2.24, 2.45) is 0 Å². The van der Waals surface area contributed by atoms with E-state index in [1.54, 1.807) is 13.8 Å². The molecule has 1 aliphatic rings. The second-order valence-electron chi connectivity index (χ2n) is 6.60. The molecule has 0 aromatic heterocycles. The molecule has 1 aromatic carbocycles. The molecule has 4 nitrogen and oxygen atoms in total. The minimum Gasteiger partial charge on any atom is -0.450 e. The summed E-state index contributed by atoms with van der Waals surface area (Å²) in [6.07, 6.45) is 3.08. The second-order valence-corrected chi connectivity index (χ2v) is 7.04. The lowest BCUT2D eigenvalue weighted by atomic mass is 9.94. The van der Waals surface area contributed by atoms with Crippen molar-refractivity contribution < 1.29 is 14.3 Å². The van der Waals surface area contributed by atoms with Gasteiger partial charge in [0.25, 0.3) is 5.91 Å². The van der Waals surface area contributed by atoms with Gasteiger partial charge < -0.3 is 9.64 Å². The Morgan fingerprint density at radius 2 is 1.87 bits per heavy atom. The summed E-state index contributed by atoms with van der Waals surface area (Å²) in [5, 5.41) is 0.714. The maximum absolute atomic E-state index is 12.8. The number of carbonyl (C=O) groups excluding carboxylic acids is 2. The minimum atomic E-state index is -1.12. The number of benzene rings is 1. The number of hydrogen-bond acceptors (Lipinski definition) is 3. The van der Waals surface area contributed by atoms with E-state index < -0.39 is 11.6 Å². The molecule has 1 heterocycles. The van der Waals surface area contributed by atoms with Crippen LogP contribution in [0, 0.1) is 0 Å². The molecule has 1 amide bonds. The van der Waals surface area contributed by atoms with Crippen LogP contribution in [0.2, 0.25) is 5.02 Å². The van der Waals surface area contributed by atoms with Gasteiger partial charge in [-0.15, -0.1) is 0 Å². The maximum Gasteiger partial charge on any atom is 0.303 e. The van der Waals surface area contributed by atoms with E-state index in [0.717, 1.165) is 19.3 Å². The van der Waals surface area contributed by atoms with Crippen LogP contribution in [0.3, 0.4) is 0 Å². The lowest BCUT2D eigenvalue weighted by molar-refractivity contribution is -0.168. The van der Waals surface area contributed by atoms with Gasteiger partial charge in [-0.05, 0) is 44.4 Å². The van der Waals surface area contributed by atoms with Crippen LogP contribution in [-0.2, 0) is 14.3 Å². The Bertz CT molecular complexity index is 568. The van der Waals surface area contributed by atoms with Gasteiger partial charge in [0.2, 0.25) is 0 Å². The predicted molar refractivity (Wildman–Crippen MR) is 90.5 cm³/mol. The smallest absolute Gasteiger partial charge is 0.303 e. The number of nitrogens with zero attached hydrogens (tertiary/aromatic N) is 1. The minimum absolute atomic E-state index is 0.131. The van der Waals surface area contributed by atoms with Gasteiger partial charge in [0.1, 0.15) is 0 Å². The maximum atomic E-state index is 12.8. The third-order valence-electron chi connectivity index (χ3n) is 4.21. The molecular formula is C18H24ClNO3. The molecule has 1 fully saturated rings. The third-order valence-corrected chi connectivity index (χ3v) is 4.47. The standard InChI is InChI=1S/C18H24ClNO3/c1-13(21)23-18(2,3)17(22)20-11-5-4-6-15(12-20)14-7-9-16(19)10-8-14/h7-10,15H,4-6,11-12H2,1-3H3. The summed E-state index contributed by atoms with van der Waals surface area (Å²) < 4.78 is 5.20. The van der Waals surface area contributed by atoms with Crippen molar-refractivity contribution in [3.63, 3.8) is 0 Å². The number of carbonyl (C=O) groups is 2. The van der Waals surface area contributed by atoms with Gasteiger partial charge in [-0.1, -0.05) is 30.2 Å². The molecule has 5 heteroatoms. The SMILES string of the molecule is CC(=O)OC(C)(C)C(=O)N1CCCCC(c2ccc(Cl)cc2)C1. The largest absolute Gasteiger partial charge is 0.450 e. The van der Waals surface area contributed by atoms with E-state index in [1.165, 1.54) is 12.5 Å². The molecule has 126 valence electrons. The summed E-state index contributed by atoms with van der Waals surface area (Å²) in [4.78, 5) is 25.8. The van der Waals surface area contributed by atoms with Gasteiger partial charge in [-0.3, -0.25) is 9.59 Å². The molecule has 0 radical (unpaired) electrons. The Hall–Kier alpha value is -1.55. The molecule has 2 rings (SSSR count). The van der Waals surface area contributed by atoms with E-state index in [9.17, 15) is 9.59 Å². The molecular weight excluding hydrogens is 314 g/mol. The highest BCUT2D eigenvalue weighted by Gasteiger charge is 2.36. The fourth-order valence-corrected chi connectivity index (χ4v) is 3.24. The van der Waals surface area contributed by atoms with Crippen LogP contribution < -0.4 is 0 Å². The van der Waals surface area contributed by atoms with Gasteiger partial charge in [-0.2, -0.15) is 0 Å². The molecule has 0 saturated carbocycles. The van der Waals surface area contributed by atoms with Crippen molar-refractivity contribution in [1.29, 1.82) is 0 Å². The zero-order valence-electron chi connectivity index (χ0n) is 14.0. The summed E-state index contributed by atoms with van der Waals surface area (Å²) in [6.45, 7) is 5.98. The van der Waals surface area contributed by atoms with Crippen molar-refractivity contribution in [3.8, 4) is 0 Å². The molecule has 0 bridgehead atoms. The van der Waals surface area contributed by atoms with Crippen LogP contribution in [0.15, 0.2) is 24.3 Å². The molecule has 0 aliphatic carbocycles. The van der Waals surface area contributed by atoms with Gasteiger partial charge in [0.15, 0.2) is 5.60 Å². The number of amides is 1. The summed E-state index contributed by atoms with van der Waals surface area (Å²) >= 11 is 5.96. The number of likely N-dealkylation sites (tertiary alicyclic amines) is 1. The highest BCUT2D eigenvalue weighted by Crippen LogP contribution is 2.29. The molecule has 0 spiro atoms. The Morgan fingerprint density at radius 3 is 2.48 bits per heavy atom. The second kappa shape index (κ2) is 7.35. The summed E-state index contributed by atoms with van der Waals surface area (Å²) in [5.74, 6) is -0.284. The average molecular weight is 338 g/mol. The number of esters is 1. The van der Waals surface area contributed by atoms with Crippen molar-refractivity contribution in [2.75, 3.05) is 13.1 Å². The Labute approximate surface area is 142 Å². The van der Waals surface area contributed by atoms with Crippen molar-refractivity contribution in [3.05, 3.63) is 34.9 Å². The lowest BCUT2D eigenvalue weighted by Gasteiger charge is -2.32. The first-order valence-electron chi connectivity index (χ1n) is 8.04. The van der Waals surface area contributed by atoms with Gasteiger partial charge in [0, 0.05) is 31.0 Å². The summed E-state index contributed by atoms with van der Waals surface area (Å²) in [7, 11) is 0. The molecule has 1 aliphatic heterocycles. The highest BCUT2D eigenvalue weighted by molar-refractivity contribution is 6.30. The van der Waals surface area contributed by atoms with Crippen LogP contribution in [0.4, 0.5) is 0 Å². The Balaban J connectivity index is 2.14. The van der Waals surface area contributed by atoms with Gasteiger partial charge in [-0.25, -0.2) is 0 Å². The van der Waals surface area contributed by atoms with Crippen LogP contribution in [0.1, 0.15) is 51.5 Å². The van der Waals surface area contributed by atoms with E-state index in [4.69, 9.17) is 16.3 Å². The molecule has 1 saturated heterocycles. The summed E-state index contributed by atoms with van der Waals surface area (Å²) in [5.41, 5.74) is 0.0696. The van der Waals surface area contributed by atoms with Gasteiger partial charge >= 0.3 is 5.97 Å². The topological polar surface area (TPSA) is 46.6 Å². The van der Waals surface area contributed by atoms with Crippen molar-refractivity contribution in [1.82, 2.24) is 4.90 Å². The first-order chi connectivity index (χ1) is 10.8. The molecule has 23 heavy (non-hydrogen) atoms. The number of ether oxygens (including phenoxy) is 1. The van der Waals surface area contributed by atoms with Crippen LogP contribution in [-0.4, -0.2) is 35.5 Å². The lowest BCUT2D eigenvalue weighted by Crippen LogP contribution is -2.48. The third kappa shape index (κ3) is 4.71. The van der Waals surface area contributed by atoms with Crippen molar-refractivity contribution in [2.45, 2.75) is 51.6 Å². The fourth-order valence-electron chi connectivity index (χ4n) is 3.12. The number of hydrogen-bond donors (Lipinski definition) is 0. The highest BCUT2D eigenvalue weighted by atomic mass is 35.5. The monoisotopic (exact) mass is 337 g/mol. The van der Waals surface area contributed by atoms with E-state index in [2.05, 4.69) is 0 Å². The molecule has 0 N–H and O–H groups in total. The van der Waals surface area contributed by atoms with E-state index >= 15 is 0 Å². The van der Waals surface area contributed by atoms with Crippen LogP contribution in [0.5, 0.6) is 0 Å². The van der Waals surface area contributed by atoms with E-state index in [0.29, 0.717) is 18.1 Å². The molecule has 1 atom stereocenters. The first-order valence-corrected chi connectivity index (χ1v) is 8.42. The average Bonchev–Trinajstić information content (AvgIpc) is 2.72. The zero-order chi connectivity index (χ0) is 17.0. The zero-order valence-corrected chi connectivity index (χ0v) is 14.7. The quantitative estimate of drug-likeness (QED) is 0.788. The predicted octanol–water partition coefficient (Wildman–Crippen LogP) is 3.78. The number of halogens is 1. The van der Waals surface area contributed by atoms with Crippen LogP contribution >= 0.6 is 11.6 Å². The fraction of sp³-hybridized carbons (Fsp3) is 0.556. The first kappa shape index (κ1) is 17.8. The number of rotatable bonds is 3. The summed E-state index contributed by atoms with van der Waals surface area (Å²) in [6, 6.07) is 7.82. The van der Waals surface area contributed by atoms with E-state index in [1.807, 2.05) is 29.2 Å². The molecule has 1 aromatic rings. The molecule has 1 unspecified atom stereocenters. The van der Waals surface area contributed by atoms with E-state index in [-0.39, 0.29) is 11.8 Å². The van der Waals surface area contributed by atoms with Crippen LogP contribution in [0.25, 0.3) is 0 Å². The van der Waals surface area contributed by atoms with Gasteiger partial charge in [0.05, 0.1) is 0 Å².